The van der Waals surface area contributed by atoms with Crippen LogP contribution in [0.5, 0.6) is 0 Å². The Labute approximate surface area is 115 Å². The molecule has 0 bridgehead atoms. The molecule has 0 aliphatic rings. The summed E-state index contributed by atoms with van der Waals surface area (Å²) in [6.45, 7) is 0. The molecule has 0 spiro atoms. The minimum Gasteiger partial charge on any atom is -0.228 e. The number of thiocyanates is 2. The molecule has 0 unspecified atom stereocenters. The highest BCUT2D eigenvalue weighted by Crippen LogP contribution is 2.35. The van der Waals surface area contributed by atoms with Crippen LogP contribution in [0.1, 0.15) is 0 Å². The van der Waals surface area contributed by atoms with E-state index in [0.717, 1.165) is 31.2 Å². The van der Waals surface area contributed by atoms with E-state index in [1.54, 1.807) is 23.1 Å². The first-order valence-corrected chi connectivity index (χ1v) is 8.04. The van der Waals surface area contributed by atoms with Gasteiger partial charge in [0, 0.05) is 4.90 Å². The molecule has 17 heavy (non-hydrogen) atoms. The lowest BCUT2D eigenvalue weighted by molar-refractivity contribution is 1.28. The van der Waals surface area contributed by atoms with Crippen molar-refractivity contribution >= 4 is 56.8 Å². The van der Waals surface area contributed by atoms with E-state index < -0.39 is 0 Å². The fourth-order valence-corrected chi connectivity index (χ4v) is 4.43. The van der Waals surface area contributed by atoms with E-state index in [9.17, 15) is 0 Å². The van der Waals surface area contributed by atoms with Gasteiger partial charge in [-0.3, -0.25) is 0 Å². The molecule has 0 atom stereocenters. The van der Waals surface area contributed by atoms with Crippen LogP contribution in [0.3, 0.4) is 0 Å². The van der Waals surface area contributed by atoms with Crippen LogP contribution in [0, 0.1) is 21.3 Å². The maximum Gasteiger partial charge on any atom is 0.152 e. The molecule has 0 saturated heterocycles. The van der Waals surface area contributed by atoms with Gasteiger partial charge in [-0.25, -0.2) is 4.98 Å². The number of thiazole rings is 1. The Morgan fingerprint density at radius 3 is 2.94 bits per heavy atom. The van der Waals surface area contributed by atoms with E-state index >= 15 is 0 Å². The van der Waals surface area contributed by atoms with E-state index in [4.69, 9.17) is 10.5 Å². The number of rotatable bonds is 4. The molecule has 2 rings (SSSR count). The zero-order valence-corrected chi connectivity index (χ0v) is 11.7. The van der Waals surface area contributed by atoms with Crippen LogP contribution in [0.15, 0.2) is 27.4 Å². The predicted molar refractivity (Wildman–Crippen MR) is 75.0 cm³/mol. The molecule has 0 amide bonds. The number of para-hydroxylation sites is 1. The number of aromatic nitrogens is 1. The van der Waals surface area contributed by atoms with Gasteiger partial charge in [-0.15, -0.1) is 11.3 Å². The number of nitriles is 2. The molecule has 1 aromatic carbocycles. The van der Waals surface area contributed by atoms with E-state index in [2.05, 4.69) is 10.4 Å². The Kier molecular flexibility index (Phi) is 4.57. The SMILES string of the molecule is N#CSCSc1nc2c(SC#N)cccc2s1. The third-order valence-electron chi connectivity index (χ3n) is 1.82. The molecule has 0 radical (unpaired) electrons. The number of benzene rings is 1. The molecule has 0 aliphatic carbocycles. The average molecular weight is 295 g/mol. The van der Waals surface area contributed by atoms with E-state index in [1.165, 1.54) is 11.8 Å². The van der Waals surface area contributed by atoms with Gasteiger partial charge in [0.1, 0.15) is 10.8 Å². The van der Waals surface area contributed by atoms with Crippen molar-refractivity contribution in [2.24, 2.45) is 0 Å². The summed E-state index contributed by atoms with van der Waals surface area (Å²) in [5, 5.41) is 21.9. The van der Waals surface area contributed by atoms with Gasteiger partial charge in [0.15, 0.2) is 4.34 Å². The molecule has 0 fully saturated rings. The van der Waals surface area contributed by atoms with Crippen molar-refractivity contribution in [1.29, 1.82) is 10.5 Å². The smallest absolute Gasteiger partial charge is 0.152 e. The van der Waals surface area contributed by atoms with Gasteiger partial charge >= 0.3 is 0 Å². The fourth-order valence-electron chi connectivity index (χ4n) is 1.20. The van der Waals surface area contributed by atoms with E-state index in [0.29, 0.717) is 5.08 Å². The lowest BCUT2D eigenvalue weighted by Crippen LogP contribution is -1.74. The van der Waals surface area contributed by atoms with E-state index in [1.807, 2.05) is 23.6 Å². The topological polar surface area (TPSA) is 60.5 Å². The zero-order chi connectivity index (χ0) is 12.1. The molecule has 0 aliphatic heterocycles. The number of hydrogen-bond donors (Lipinski definition) is 0. The zero-order valence-electron chi connectivity index (χ0n) is 8.41. The first-order valence-electron chi connectivity index (χ1n) is 4.44. The van der Waals surface area contributed by atoms with Crippen LogP contribution in [-0.4, -0.2) is 10.1 Å². The summed E-state index contributed by atoms with van der Waals surface area (Å²) in [4.78, 5) is 5.38. The first kappa shape index (κ1) is 12.6. The average Bonchev–Trinajstić information content (AvgIpc) is 2.74. The Morgan fingerprint density at radius 2 is 2.18 bits per heavy atom. The molecule has 1 heterocycles. The summed E-state index contributed by atoms with van der Waals surface area (Å²) in [5.74, 6) is 0. The summed E-state index contributed by atoms with van der Waals surface area (Å²) >= 11 is 5.48. The highest BCUT2D eigenvalue weighted by atomic mass is 32.2. The first-order chi connectivity index (χ1) is 8.35. The maximum absolute atomic E-state index is 8.70. The molecule has 0 saturated carbocycles. The minimum atomic E-state index is 0.678. The summed E-state index contributed by atoms with van der Waals surface area (Å²) in [6, 6.07) is 5.82. The van der Waals surface area contributed by atoms with Crippen molar-refractivity contribution in [3.8, 4) is 10.8 Å². The van der Waals surface area contributed by atoms with Crippen molar-refractivity contribution in [3.63, 3.8) is 0 Å². The Morgan fingerprint density at radius 1 is 1.29 bits per heavy atom. The van der Waals surface area contributed by atoms with E-state index in [-0.39, 0.29) is 0 Å². The van der Waals surface area contributed by atoms with Gasteiger partial charge in [0.05, 0.1) is 15.3 Å². The normalized spacial score (nSPS) is 10.0. The Hall–Kier alpha value is -0.860. The molecule has 3 nitrogen and oxygen atoms in total. The molecule has 2 aromatic rings. The molecule has 1 aromatic heterocycles. The van der Waals surface area contributed by atoms with Crippen molar-refractivity contribution < 1.29 is 0 Å². The number of nitrogens with zero attached hydrogens (tertiary/aromatic N) is 3. The van der Waals surface area contributed by atoms with Crippen molar-refractivity contribution in [2.75, 3.05) is 5.08 Å². The predicted octanol–water partition coefficient (Wildman–Crippen LogP) is 4.13. The van der Waals surface area contributed by atoms with Gasteiger partial charge in [0.25, 0.3) is 0 Å². The molecule has 84 valence electrons. The fraction of sp³-hybridized carbons (Fsp3) is 0.100. The summed E-state index contributed by atoms with van der Waals surface area (Å²) < 4.78 is 2.02. The third kappa shape index (κ3) is 3.08. The highest BCUT2D eigenvalue weighted by Gasteiger charge is 2.08. The number of thioether (sulfide) groups is 3. The molecular formula is C10H5N3S4. The van der Waals surface area contributed by atoms with Crippen LogP contribution in [0.2, 0.25) is 0 Å². The Balaban J connectivity index is 2.28. The molecular weight excluding hydrogens is 290 g/mol. The largest absolute Gasteiger partial charge is 0.228 e. The van der Waals surface area contributed by atoms with Gasteiger partial charge in [0.2, 0.25) is 0 Å². The van der Waals surface area contributed by atoms with Crippen LogP contribution < -0.4 is 0 Å². The third-order valence-corrected chi connectivity index (χ3v) is 5.29. The molecule has 0 N–H and O–H groups in total. The summed E-state index contributed by atoms with van der Waals surface area (Å²) in [5.41, 5.74) is 0.883. The number of hydrogen-bond acceptors (Lipinski definition) is 7. The maximum atomic E-state index is 8.70. The highest BCUT2D eigenvalue weighted by molar-refractivity contribution is 8.18. The van der Waals surface area contributed by atoms with Gasteiger partial charge < -0.3 is 0 Å². The summed E-state index contributed by atoms with van der Waals surface area (Å²) in [6.07, 6.45) is 0. The van der Waals surface area contributed by atoms with Crippen LogP contribution in [0.25, 0.3) is 10.2 Å². The lowest BCUT2D eigenvalue weighted by Gasteiger charge is -1.93. The van der Waals surface area contributed by atoms with Crippen LogP contribution in [0.4, 0.5) is 0 Å². The minimum absolute atomic E-state index is 0.678. The van der Waals surface area contributed by atoms with Crippen LogP contribution >= 0.6 is 46.6 Å². The second kappa shape index (κ2) is 6.18. The van der Waals surface area contributed by atoms with Crippen molar-refractivity contribution in [1.82, 2.24) is 4.98 Å². The number of fused-ring (bicyclic) bond motifs is 1. The van der Waals surface area contributed by atoms with Gasteiger partial charge in [-0.05, 0) is 35.7 Å². The monoisotopic (exact) mass is 295 g/mol. The standard InChI is InChI=1S/C10H5N3S4/c11-4-14-6-16-10-13-9-7(15-5-12)2-1-3-8(9)17-10/h1-3H,6H2. The van der Waals surface area contributed by atoms with Crippen molar-refractivity contribution in [3.05, 3.63) is 18.2 Å². The van der Waals surface area contributed by atoms with Gasteiger partial charge in [-0.2, -0.15) is 10.5 Å². The van der Waals surface area contributed by atoms with Crippen molar-refractivity contribution in [2.45, 2.75) is 9.24 Å². The second-order valence-electron chi connectivity index (χ2n) is 2.77. The van der Waals surface area contributed by atoms with Crippen LogP contribution in [-0.2, 0) is 0 Å². The summed E-state index contributed by atoms with van der Waals surface area (Å²) in [7, 11) is 0. The van der Waals surface area contributed by atoms with Gasteiger partial charge in [-0.1, -0.05) is 17.8 Å². The quantitative estimate of drug-likeness (QED) is 0.366. The Bertz CT molecular complexity index is 608. The second-order valence-corrected chi connectivity index (χ2v) is 6.98. The molecule has 7 heteroatoms. The lowest BCUT2D eigenvalue weighted by atomic mass is 10.3.